The number of ether oxygens (including phenoxy) is 4. The largest absolute Gasteiger partial charge is 0.491 e. The fraction of sp³-hybridized carbons (Fsp3) is 0.357. The fourth-order valence-electron chi connectivity index (χ4n) is 3.12. The lowest BCUT2D eigenvalue weighted by Gasteiger charge is -2.26. The molecule has 0 radical (unpaired) electrons. The van der Waals surface area contributed by atoms with Gasteiger partial charge >= 0.3 is 11.9 Å². The second-order valence-corrected chi connectivity index (χ2v) is 8.82. The molecule has 0 aliphatic heterocycles. The van der Waals surface area contributed by atoms with Gasteiger partial charge in [0.25, 0.3) is 0 Å². The lowest BCUT2D eigenvalue weighted by Crippen LogP contribution is -2.25. The minimum Gasteiger partial charge on any atom is -0.491 e. The minimum absolute atomic E-state index is 0.0142. The van der Waals surface area contributed by atoms with E-state index in [-0.39, 0.29) is 37.4 Å². The van der Waals surface area contributed by atoms with Crippen LogP contribution in [0.4, 0.5) is 0 Å². The van der Waals surface area contributed by atoms with Crippen molar-refractivity contribution in [1.29, 1.82) is 0 Å². The van der Waals surface area contributed by atoms with Crippen molar-refractivity contribution in [2.45, 2.75) is 38.4 Å². The number of rotatable bonds is 14. The van der Waals surface area contributed by atoms with Crippen molar-refractivity contribution in [3.05, 3.63) is 84.5 Å². The van der Waals surface area contributed by atoms with Gasteiger partial charge in [0.2, 0.25) is 0 Å². The van der Waals surface area contributed by atoms with Crippen LogP contribution in [-0.4, -0.2) is 60.8 Å². The van der Waals surface area contributed by atoms with Gasteiger partial charge in [-0.1, -0.05) is 51.3 Å². The van der Waals surface area contributed by atoms with Crippen LogP contribution in [0.3, 0.4) is 0 Å². The van der Waals surface area contributed by atoms with Crippen LogP contribution in [0.2, 0.25) is 0 Å². The number of carbonyl (C=O) groups is 2. The van der Waals surface area contributed by atoms with Crippen molar-refractivity contribution in [2.24, 2.45) is 0 Å². The maximum absolute atomic E-state index is 11.4. The van der Waals surface area contributed by atoms with Gasteiger partial charge < -0.3 is 29.2 Å². The quantitative estimate of drug-likeness (QED) is 0.301. The summed E-state index contributed by atoms with van der Waals surface area (Å²) in [6.07, 6.45) is -0.863. The van der Waals surface area contributed by atoms with Gasteiger partial charge in [0.05, 0.1) is 0 Å². The van der Waals surface area contributed by atoms with Crippen LogP contribution in [0.25, 0.3) is 0 Å². The van der Waals surface area contributed by atoms with Crippen molar-refractivity contribution in [3.63, 3.8) is 0 Å². The second-order valence-electron chi connectivity index (χ2n) is 8.82. The third-order valence-corrected chi connectivity index (χ3v) is 5.38. The van der Waals surface area contributed by atoms with Gasteiger partial charge in [-0.25, -0.2) is 9.59 Å². The first-order valence-electron chi connectivity index (χ1n) is 11.5. The average molecular weight is 499 g/mol. The Labute approximate surface area is 211 Å². The number of hydrogen-bond acceptors (Lipinski definition) is 8. The topological polar surface area (TPSA) is 112 Å². The van der Waals surface area contributed by atoms with Crippen molar-refractivity contribution in [2.75, 3.05) is 26.4 Å². The lowest BCUT2D eigenvalue weighted by molar-refractivity contribution is -0.142. The van der Waals surface area contributed by atoms with E-state index in [1.54, 1.807) is 0 Å². The number of aliphatic hydroxyl groups is 2. The summed E-state index contributed by atoms with van der Waals surface area (Å²) in [5, 5.41) is 19.8. The van der Waals surface area contributed by atoms with E-state index < -0.39 is 24.1 Å². The Hall–Kier alpha value is -3.62. The molecule has 2 N–H and O–H groups in total. The predicted molar refractivity (Wildman–Crippen MR) is 135 cm³/mol. The van der Waals surface area contributed by atoms with Crippen molar-refractivity contribution in [1.82, 2.24) is 0 Å². The van der Waals surface area contributed by atoms with E-state index in [4.69, 9.17) is 18.9 Å². The molecule has 2 rings (SSSR count). The van der Waals surface area contributed by atoms with Crippen LogP contribution in [0.15, 0.2) is 73.3 Å². The van der Waals surface area contributed by atoms with Crippen molar-refractivity contribution < 1.29 is 38.7 Å². The summed E-state index contributed by atoms with van der Waals surface area (Å²) in [4.78, 5) is 22.4. The first-order chi connectivity index (χ1) is 17.0. The van der Waals surface area contributed by atoms with Gasteiger partial charge in [-0.05, 0) is 42.3 Å². The molecular formula is C28H34O8. The monoisotopic (exact) mass is 498 g/mol. The molecule has 2 atom stereocenters. The molecule has 0 aromatic heterocycles. The van der Waals surface area contributed by atoms with Crippen LogP contribution in [0, 0.1) is 0 Å². The van der Waals surface area contributed by atoms with Gasteiger partial charge in [-0.15, -0.1) is 0 Å². The average Bonchev–Trinajstić information content (AvgIpc) is 2.88. The van der Waals surface area contributed by atoms with Crippen LogP contribution in [0.5, 0.6) is 11.5 Å². The van der Waals surface area contributed by atoms with E-state index in [0.717, 1.165) is 17.2 Å². The molecule has 0 heterocycles. The van der Waals surface area contributed by atoms with E-state index in [9.17, 15) is 19.8 Å². The normalized spacial score (nSPS) is 12.7. The molecule has 8 heteroatoms. The molecular weight excluding hydrogens is 464 g/mol. The number of hydrogen-bond donors (Lipinski definition) is 2. The molecule has 0 bridgehead atoms. The molecule has 194 valence electrons. The highest BCUT2D eigenvalue weighted by Crippen LogP contribution is 2.33. The molecule has 0 spiro atoms. The van der Waals surface area contributed by atoms with Crippen molar-refractivity contribution in [3.8, 4) is 11.5 Å². The summed E-state index contributed by atoms with van der Waals surface area (Å²) in [5.41, 5.74) is 2.06. The highest BCUT2D eigenvalue weighted by molar-refractivity contribution is 5.86. The maximum Gasteiger partial charge on any atom is 0.333 e. The van der Waals surface area contributed by atoms with Crippen LogP contribution in [0.1, 0.15) is 31.9 Å². The first-order valence-corrected chi connectivity index (χ1v) is 11.5. The Morgan fingerprint density at radius 1 is 0.833 bits per heavy atom. The Morgan fingerprint density at radius 2 is 1.25 bits per heavy atom. The highest BCUT2D eigenvalue weighted by Gasteiger charge is 2.23. The molecule has 0 saturated carbocycles. The summed E-state index contributed by atoms with van der Waals surface area (Å²) in [6, 6.07) is 15.1. The molecule has 2 aromatic carbocycles. The Kier molecular flexibility index (Phi) is 10.7. The standard InChI is InChI=1S/C28H34O8/c1-6-26(31)35-17-22(29)15-33-24-11-7-20(8-12-24)28(4,5)21-9-13-25(14-10-21)34-16-23(30)18-36-27(32)19(2)3/h6-14,22-23,29-30H,1-2,15-18H2,3-5H3. The zero-order valence-corrected chi connectivity index (χ0v) is 20.9. The summed E-state index contributed by atoms with van der Waals surface area (Å²) in [5.74, 6) is 0.0181. The maximum atomic E-state index is 11.4. The molecule has 0 aliphatic rings. The van der Waals surface area contributed by atoms with Gasteiger partial charge in [0.15, 0.2) is 0 Å². The molecule has 0 saturated heterocycles. The molecule has 2 aromatic rings. The first kappa shape index (κ1) is 28.6. The number of benzene rings is 2. The summed E-state index contributed by atoms with van der Waals surface area (Å²) in [7, 11) is 0. The van der Waals surface area contributed by atoms with E-state index in [1.165, 1.54) is 6.92 Å². The zero-order valence-electron chi connectivity index (χ0n) is 20.9. The zero-order chi connectivity index (χ0) is 26.7. The Balaban J connectivity index is 1.88. The molecule has 8 nitrogen and oxygen atoms in total. The smallest absolute Gasteiger partial charge is 0.333 e. The second kappa shape index (κ2) is 13.5. The summed E-state index contributed by atoms with van der Waals surface area (Å²) < 4.78 is 20.9. The van der Waals surface area contributed by atoms with Crippen LogP contribution in [-0.2, 0) is 24.5 Å². The van der Waals surface area contributed by atoms with Crippen LogP contribution >= 0.6 is 0 Å². The lowest BCUT2D eigenvalue weighted by atomic mass is 9.78. The SMILES string of the molecule is C=CC(=O)OCC(O)COc1ccc(C(C)(C)c2ccc(OCC(O)COC(=O)C(=C)C)cc2)cc1. The Bertz CT molecular complexity index is 1020. The van der Waals surface area contributed by atoms with E-state index >= 15 is 0 Å². The third kappa shape index (κ3) is 8.87. The van der Waals surface area contributed by atoms with Gasteiger partial charge in [0.1, 0.15) is 50.1 Å². The van der Waals surface area contributed by atoms with E-state index in [2.05, 4.69) is 27.0 Å². The Morgan fingerprint density at radius 3 is 1.64 bits per heavy atom. The molecule has 0 amide bonds. The molecule has 0 aliphatic carbocycles. The number of carbonyl (C=O) groups excluding carboxylic acids is 2. The molecule has 36 heavy (non-hydrogen) atoms. The summed E-state index contributed by atoms with van der Waals surface area (Å²) in [6.45, 7) is 12.1. The third-order valence-electron chi connectivity index (χ3n) is 5.38. The van der Waals surface area contributed by atoms with Gasteiger partial charge in [0, 0.05) is 17.1 Å². The number of esters is 2. The molecule has 2 unspecified atom stereocenters. The highest BCUT2D eigenvalue weighted by atomic mass is 16.6. The van der Waals surface area contributed by atoms with E-state index in [0.29, 0.717) is 11.5 Å². The minimum atomic E-state index is -0.951. The summed E-state index contributed by atoms with van der Waals surface area (Å²) >= 11 is 0. The number of aliphatic hydroxyl groups excluding tert-OH is 2. The van der Waals surface area contributed by atoms with Gasteiger partial charge in [-0.2, -0.15) is 0 Å². The van der Waals surface area contributed by atoms with E-state index in [1.807, 2.05) is 48.5 Å². The molecule has 0 fully saturated rings. The van der Waals surface area contributed by atoms with Crippen LogP contribution < -0.4 is 9.47 Å². The predicted octanol–water partition coefficient (Wildman–Crippen LogP) is 3.34. The van der Waals surface area contributed by atoms with Gasteiger partial charge in [-0.3, -0.25) is 0 Å². The fourth-order valence-corrected chi connectivity index (χ4v) is 3.12. The van der Waals surface area contributed by atoms with Crippen molar-refractivity contribution >= 4 is 11.9 Å².